The lowest BCUT2D eigenvalue weighted by Gasteiger charge is -2.38. The van der Waals surface area contributed by atoms with Crippen LogP contribution in [0, 0.1) is 6.92 Å². The number of nitrogens with zero attached hydrogens (tertiary/aromatic N) is 2. The van der Waals surface area contributed by atoms with E-state index in [0.717, 1.165) is 54.2 Å². The van der Waals surface area contributed by atoms with Gasteiger partial charge < -0.3 is 20.1 Å². The van der Waals surface area contributed by atoms with E-state index in [-0.39, 0.29) is 17.4 Å². The monoisotopic (exact) mass is 454 g/mol. The molecule has 0 spiro atoms. The first-order valence-electron chi connectivity index (χ1n) is 10.9. The van der Waals surface area contributed by atoms with E-state index in [9.17, 15) is 4.79 Å². The SMILES string of the molecule is COC[C@H](C)NC(=O)c1sc2ncnc(NCC3(c4ccccc4)CCOCC3)c2c1C. The van der Waals surface area contributed by atoms with E-state index in [2.05, 4.69) is 44.9 Å². The molecule has 1 aromatic carbocycles. The summed E-state index contributed by atoms with van der Waals surface area (Å²) in [6.07, 6.45) is 3.47. The second-order valence-corrected chi connectivity index (χ2v) is 9.40. The van der Waals surface area contributed by atoms with Gasteiger partial charge in [-0.25, -0.2) is 9.97 Å². The Balaban J connectivity index is 1.60. The second kappa shape index (κ2) is 9.94. The van der Waals surface area contributed by atoms with Crippen LogP contribution in [0.1, 0.15) is 40.6 Å². The Morgan fingerprint density at radius 1 is 1.25 bits per heavy atom. The second-order valence-electron chi connectivity index (χ2n) is 8.40. The Hall–Kier alpha value is -2.55. The maximum Gasteiger partial charge on any atom is 0.262 e. The average Bonchev–Trinajstić information content (AvgIpc) is 3.16. The standard InChI is InChI=1S/C24H30N4O3S/c1-16(13-30-3)28-22(29)20-17(2)19-21(26-15-27-23(19)32-20)25-14-24(9-11-31-12-10-24)18-7-5-4-6-8-18/h4-8,15-16H,9-14H2,1-3H3,(H,28,29)(H,25,26,27)/t16-/m0/s1. The summed E-state index contributed by atoms with van der Waals surface area (Å²) in [4.78, 5) is 23.3. The number of benzene rings is 1. The van der Waals surface area contributed by atoms with Gasteiger partial charge in [-0.1, -0.05) is 30.3 Å². The van der Waals surface area contributed by atoms with Crippen molar-refractivity contribution in [3.63, 3.8) is 0 Å². The Morgan fingerprint density at radius 2 is 2.00 bits per heavy atom. The molecule has 1 amide bonds. The number of hydrogen-bond donors (Lipinski definition) is 2. The van der Waals surface area contributed by atoms with Crippen LogP contribution in [-0.2, 0) is 14.9 Å². The number of aromatic nitrogens is 2. The van der Waals surface area contributed by atoms with Crippen molar-refractivity contribution < 1.29 is 14.3 Å². The normalized spacial score (nSPS) is 16.6. The number of rotatable bonds is 8. The molecule has 3 aromatic rings. The predicted octanol–water partition coefficient (Wildman–Crippen LogP) is 3.92. The van der Waals surface area contributed by atoms with Crippen LogP contribution >= 0.6 is 11.3 Å². The molecule has 4 rings (SSSR count). The molecule has 1 aliphatic heterocycles. The highest BCUT2D eigenvalue weighted by molar-refractivity contribution is 7.20. The fourth-order valence-electron chi connectivity index (χ4n) is 4.38. The lowest BCUT2D eigenvalue weighted by Crippen LogP contribution is -2.40. The summed E-state index contributed by atoms with van der Waals surface area (Å²) in [5, 5.41) is 7.51. The molecule has 2 N–H and O–H groups in total. The maximum atomic E-state index is 12.8. The molecule has 1 aliphatic rings. The summed E-state index contributed by atoms with van der Waals surface area (Å²) in [6, 6.07) is 10.6. The average molecular weight is 455 g/mol. The van der Waals surface area contributed by atoms with Crippen LogP contribution in [0.3, 0.4) is 0 Å². The third-order valence-corrected chi connectivity index (χ3v) is 7.36. The van der Waals surface area contributed by atoms with Gasteiger partial charge in [-0.3, -0.25) is 4.79 Å². The molecule has 7 nitrogen and oxygen atoms in total. The highest BCUT2D eigenvalue weighted by atomic mass is 32.1. The van der Waals surface area contributed by atoms with Crippen LogP contribution in [0.25, 0.3) is 10.2 Å². The summed E-state index contributed by atoms with van der Waals surface area (Å²) >= 11 is 1.40. The Kier molecular flexibility index (Phi) is 7.03. The van der Waals surface area contributed by atoms with Crippen LogP contribution in [0.2, 0.25) is 0 Å². The van der Waals surface area contributed by atoms with E-state index in [1.165, 1.54) is 16.9 Å². The van der Waals surface area contributed by atoms with Gasteiger partial charge in [0.1, 0.15) is 17.0 Å². The Labute approximate surface area is 192 Å². The van der Waals surface area contributed by atoms with Crippen molar-refractivity contribution in [2.24, 2.45) is 0 Å². The number of anilines is 1. The first-order chi connectivity index (χ1) is 15.5. The van der Waals surface area contributed by atoms with Gasteiger partial charge in [-0.05, 0) is 37.8 Å². The van der Waals surface area contributed by atoms with Gasteiger partial charge in [0.15, 0.2) is 0 Å². The van der Waals surface area contributed by atoms with Crippen molar-refractivity contribution in [3.05, 3.63) is 52.7 Å². The minimum absolute atomic E-state index is 0.0174. The summed E-state index contributed by atoms with van der Waals surface area (Å²) in [6.45, 7) is 6.59. The molecule has 0 unspecified atom stereocenters. The number of fused-ring (bicyclic) bond motifs is 1. The van der Waals surface area contributed by atoms with Crippen molar-refractivity contribution in [2.45, 2.75) is 38.1 Å². The quantitative estimate of drug-likeness (QED) is 0.537. The molecule has 8 heteroatoms. The number of thiophene rings is 1. The van der Waals surface area contributed by atoms with Crippen LogP contribution < -0.4 is 10.6 Å². The number of ether oxygens (including phenoxy) is 2. The highest BCUT2D eigenvalue weighted by Crippen LogP contribution is 2.37. The zero-order valence-corrected chi connectivity index (χ0v) is 19.6. The van der Waals surface area contributed by atoms with Gasteiger partial charge in [0.2, 0.25) is 0 Å². The largest absolute Gasteiger partial charge is 0.383 e. The Bertz CT molecular complexity index is 1060. The van der Waals surface area contributed by atoms with Gasteiger partial charge >= 0.3 is 0 Å². The third-order valence-electron chi connectivity index (χ3n) is 6.16. The zero-order valence-electron chi connectivity index (χ0n) is 18.8. The van der Waals surface area contributed by atoms with Gasteiger partial charge in [-0.15, -0.1) is 11.3 Å². The molecular formula is C24H30N4O3S. The van der Waals surface area contributed by atoms with Crippen LogP contribution in [0.4, 0.5) is 5.82 Å². The molecule has 0 bridgehead atoms. The fraction of sp³-hybridized carbons (Fsp3) is 0.458. The highest BCUT2D eigenvalue weighted by Gasteiger charge is 2.34. The van der Waals surface area contributed by atoms with Crippen molar-refractivity contribution in [1.29, 1.82) is 0 Å². The zero-order chi connectivity index (χ0) is 22.6. The fourth-order valence-corrected chi connectivity index (χ4v) is 5.43. The van der Waals surface area contributed by atoms with Gasteiger partial charge in [-0.2, -0.15) is 0 Å². The molecule has 0 radical (unpaired) electrons. The molecule has 170 valence electrons. The summed E-state index contributed by atoms with van der Waals surface area (Å²) < 4.78 is 10.8. The van der Waals surface area contributed by atoms with E-state index in [0.29, 0.717) is 11.5 Å². The van der Waals surface area contributed by atoms with Crippen LogP contribution in [0.15, 0.2) is 36.7 Å². The van der Waals surface area contributed by atoms with Crippen molar-refractivity contribution in [3.8, 4) is 0 Å². The molecular weight excluding hydrogens is 424 g/mol. The number of carbonyl (C=O) groups excluding carboxylic acids is 1. The van der Waals surface area contributed by atoms with Crippen LogP contribution in [-0.4, -0.2) is 55.4 Å². The summed E-state index contributed by atoms with van der Waals surface area (Å²) in [7, 11) is 1.63. The lowest BCUT2D eigenvalue weighted by molar-refractivity contribution is 0.0544. The molecule has 32 heavy (non-hydrogen) atoms. The molecule has 2 aromatic heterocycles. The van der Waals surface area contributed by atoms with Crippen molar-refractivity contribution >= 4 is 33.3 Å². The smallest absolute Gasteiger partial charge is 0.262 e. The summed E-state index contributed by atoms with van der Waals surface area (Å²) in [5.41, 5.74) is 2.20. The molecule has 1 saturated heterocycles. The molecule has 0 aliphatic carbocycles. The predicted molar refractivity (Wildman–Crippen MR) is 128 cm³/mol. The number of carbonyl (C=O) groups is 1. The van der Waals surface area contributed by atoms with E-state index in [1.807, 2.05) is 19.9 Å². The minimum Gasteiger partial charge on any atom is -0.383 e. The van der Waals surface area contributed by atoms with Gasteiger partial charge in [0, 0.05) is 38.3 Å². The topological polar surface area (TPSA) is 85.4 Å². The Morgan fingerprint density at radius 3 is 2.72 bits per heavy atom. The number of nitrogens with one attached hydrogen (secondary N) is 2. The summed E-state index contributed by atoms with van der Waals surface area (Å²) in [5.74, 6) is 0.667. The molecule has 0 saturated carbocycles. The third kappa shape index (κ3) is 4.62. The number of hydrogen-bond acceptors (Lipinski definition) is 7. The van der Waals surface area contributed by atoms with Gasteiger partial charge in [0.05, 0.1) is 16.9 Å². The maximum absolute atomic E-state index is 12.8. The molecule has 3 heterocycles. The molecule has 1 atom stereocenters. The van der Waals surface area contributed by atoms with E-state index in [1.54, 1.807) is 13.4 Å². The van der Waals surface area contributed by atoms with Crippen LogP contribution in [0.5, 0.6) is 0 Å². The van der Waals surface area contributed by atoms with Crippen molar-refractivity contribution in [2.75, 3.05) is 38.8 Å². The van der Waals surface area contributed by atoms with E-state index in [4.69, 9.17) is 9.47 Å². The molecule has 1 fully saturated rings. The number of aryl methyl sites for hydroxylation is 1. The number of amides is 1. The minimum atomic E-state index is -0.105. The first-order valence-corrected chi connectivity index (χ1v) is 11.8. The first kappa shape index (κ1) is 22.6. The number of methoxy groups -OCH3 is 1. The van der Waals surface area contributed by atoms with E-state index >= 15 is 0 Å². The van der Waals surface area contributed by atoms with Crippen molar-refractivity contribution in [1.82, 2.24) is 15.3 Å². The lowest BCUT2D eigenvalue weighted by atomic mass is 9.74. The van der Waals surface area contributed by atoms with Gasteiger partial charge in [0.25, 0.3) is 5.91 Å². The van der Waals surface area contributed by atoms with E-state index < -0.39 is 0 Å².